The maximum absolute atomic E-state index is 4.31. The molecule has 6 rings (SSSR count). The first-order valence-corrected chi connectivity index (χ1v) is 15.4. The molecular formula is C44H38. The van der Waals surface area contributed by atoms with E-state index in [1.807, 2.05) is 12.2 Å². The number of fused-ring (bicyclic) bond motifs is 3. The second-order valence-corrected chi connectivity index (χ2v) is 11.4. The first kappa shape index (κ1) is 28.9. The Labute approximate surface area is 261 Å². The third-order valence-electron chi connectivity index (χ3n) is 8.72. The van der Waals surface area contributed by atoms with Crippen molar-refractivity contribution < 1.29 is 0 Å². The SMILES string of the molecule is C=Cc1c(C=C)c(-c2cccc3ccccc23)c2ccccc2c1-c1ccc2ccc(C\C=C/C(C)=C(C)/C=C\C)cc2c1. The summed E-state index contributed by atoms with van der Waals surface area (Å²) in [7, 11) is 0. The molecule has 214 valence electrons. The van der Waals surface area contributed by atoms with Crippen molar-refractivity contribution in [2.45, 2.75) is 27.2 Å². The lowest BCUT2D eigenvalue weighted by Gasteiger charge is -2.21. The molecule has 0 aliphatic rings. The van der Waals surface area contributed by atoms with Gasteiger partial charge in [-0.2, -0.15) is 0 Å². The third kappa shape index (κ3) is 5.36. The van der Waals surface area contributed by atoms with Crippen LogP contribution in [-0.4, -0.2) is 0 Å². The van der Waals surface area contributed by atoms with Gasteiger partial charge in [-0.25, -0.2) is 0 Å². The van der Waals surface area contributed by atoms with Crippen LogP contribution in [0.15, 0.2) is 152 Å². The predicted molar refractivity (Wildman–Crippen MR) is 196 cm³/mol. The van der Waals surface area contributed by atoms with E-state index in [2.05, 4.69) is 161 Å². The molecule has 0 atom stereocenters. The molecule has 0 aromatic heterocycles. The summed E-state index contributed by atoms with van der Waals surface area (Å²) in [5, 5.41) is 7.38. The fourth-order valence-electron chi connectivity index (χ4n) is 6.41. The van der Waals surface area contributed by atoms with E-state index in [-0.39, 0.29) is 0 Å². The van der Waals surface area contributed by atoms with Crippen molar-refractivity contribution in [1.29, 1.82) is 0 Å². The molecular weight excluding hydrogens is 528 g/mol. The van der Waals surface area contributed by atoms with Crippen LogP contribution in [0.3, 0.4) is 0 Å². The molecule has 0 radical (unpaired) electrons. The molecule has 0 amide bonds. The Hall–Kier alpha value is -5.20. The maximum atomic E-state index is 4.31. The predicted octanol–water partition coefficient (Wildman–Crippen LogP) is 12.8. The van der Waals surface area contributed by atoms with E-state index in [0.717, 1.165) is 17.5 Å². The lowest BCUT2D eigenvalue weighted by Crippen LogP contribution is -1.96. The second-order valence-electron chi connectivity index (χ2n) is 11.4. The molecule has 0 spiro atoms. The molecule has 0 fully saturated rings. The van der Waals surface area contributed by atoms with Gasteiger partial charge in [-0.15, -0.1) is 0 Å². The quantitative estimate of drug-likeness (QED) is 0.161. The number of hydrogen-bond donors (Lipinski definition) is 0. The molecule has 0 aliphatic heterocycles. The van der Waals surface area contributed by atoms with E-state index in [1.165, 1.54) is 71.3 Å². The minimum absolute atomic E-state index is 0.891. The molecule has 0 nitrogen and oxygen atoms in total. The average molecular weight is 567 g/mol. The molecule has 0 bridgehead atoms. The summed E-state index contributed by atoms with van der Waals surface area (Å²) in [5.74, 6) is 0. The van der Waals surface area contributed by atoms with Gasteiger partial charge in [-0.05, 0) is 116 Å². The van der Waals surface area contributed by atoms with Gasteiger partial charge in [0, 0.05) is 0 Å². The molecule has 0 unspecified atom stereocenters. The van der Waals surface area contributed by atoms with E-state index in [9.17, 15) is 0 Å². The van der Waals surface area contributed by atoms with Crippen LogP contribution in [0.5, 0.6) is 0 Å². The average Bonchev–Trinajstić information content (AvgIpc) is 3.06. The Morgan fingerprint density at radius 3 is 1.98 bits per heavy atom. The summed E-state index contributed by atoms with van der Waals surface area (Å²) >= 11 is 0. The Balaban J connectivity index is 1.52. The van der Waals surface area contributed by atoms with Gasteiger partial charge in [-0.1, -0.05) is 147 Å². The van der Waals surface area contributed by atoms with Gasteiger partial charge >= 0.3 is 0 Å². The highest BCUT2D eigenvalue weighted by Gasteiger charge is 2.20. The van der Waals surface area contributed by atoms with Gasteiger partial charge in [0.15, 0.2) is 0 Å². The molecule has 6 aromatic rings. The highest BCUT2D eigenvalue weighted by molar-refractivity contribution is 6.15. The van der Waals surface area contributed by atoms with E-state index < -0.39 is 0 Å². The molecule has 0 saturated heterocycles. The summed E-state index contributed by atoms with van der Waals surface area (Å²) in [6.07, 6.45) is 13.6. The second kappa shape index (κ2) is 12.6. The Morgan fingerprint density at radius 1 is 0.591 bits per heavy atom. The van der Waals surface area contributed by atoms with Crippen LogP contribution in [0.25, 0.3) is 66.7 Å². The van der Waals surface area contributed by atoms with Crippen LogP contribution in [-0.2, 0) is 6.42 Å². The van der Waals surface area contributed by atoms with Gasteiger partial charge in [0.2, 0.25) is 0 Å². The third-order valence-corrected chi connectivity index (χ3v) is 8.72. The Morgan fingerprint density at radius 2 is 1.23 bits per heavy atom. The normalized spacial score (nSPS) is 12.4. The fraction of sp³-hybridized carbons (Fsp3) is 0.0909. The van der Waals surface area contributed by atoms with Crippen LogP contribution in [0, 0.1) is 0 Å². The molecule has 44 heavy (non-hydrogen) atoms. The van der Waals surface area contributed by atoms with Crippen LogP contribution in [0.4, 0.5) is 0 Å². The summed E-state index contributed by atoms with van der Waals surface area (Å²) in [4.78, 5) is 0. The minimum Gasteiger partial charge on any atom is -0.0984 e. The molecule has 0 N–H and O–H groups in total. The van der Waals surface area contributed by atoms with Gasteiger partial charge in [0.1, 0.15) is 0 Å². The van der Waals surface area contributed by atoms with E-state index in [0.29, 0.717) is 0 Å². The summed E-state index contributed by atoms with van der Waals surface area (Å²) in [5.41, 5.74) is 10.9. The van der Waals surface area contributed by atoms with Crippen molar-refractivity contribution in [1.82, 2.24) is 0 Å². The molecule has 0 heteroatoms. The van der Waals surface area contributed by atoms with E-state index in [4.69, 9.17) is 0 Å². The molecule has 0 heterocycles. The highest BCUT2D eigenvalue weighted by atomic mass is 14.2. The lowest BCUT2D eigenvalue weighted by molar-refractivity contribution is 1.26. The molecule has 0 saturated carbocycles. The topological polar surface area (TPSA) is 0 Å². The zero-order valence-electron chi connectivity index (χ0n) is 25.9. The smallest absolute Gasteiger partial charge is 0.00204 e. The van der Waals surface area contributed by atoms with Crippen LogP contribution >= 0.6 is 0 Å². The Kier molecular flexibility index (Phi) is 8.26. The standard InChI is InChI=1S/C44H38/c1-6-15-30(4)31(5)16-13-17-32-24-25-33-26-27-35(29-36(33)28-32)43-37(7-2)38(8-3)44(42-22-12-11-21-41(42)43)40-23-14-19-34-18-9-10-20-39(34)40/h6-16,18-29H,2-3,17H2,1,4-5H3/b15-6-,16-13-,31-30+. The fourth-order valence-corrected chi connectivity index (χ4v) is 6.41. The van der Waals surface area contributed by atoms with E-state index >= 15 is 0 Å². The summed E-state index contributed by atoms with van der Waals surface area (Å²) < 4.78 is 0. The first-order valence-electron chi connectivity index (χ1n) is 15.4. The minimum atomic E-state index is 0.891. The van der Waals surface area contributed by atoms with Crippen LogP contribution in [0.2, 0.25) is 0 Å². The monoisotopic (exact) mass is 566 g/mol. The Bertz CT molecular complexity index is 2140. The van der Waals surface area contributed by atoms with Gasteiger partial charge in [0.05, 0.1) is 0 Å². The number of benzene rings is 6. The maximum Gasteiger partial charge on any atom is -0.00204 e. The van der Waals surface area contributed by atoms with E-state index in [1.54, 1.807) is 0 Å². The zero-order valence-corrected chi connectivity index (χ0v) is 25.9. The number of allylic oxidation sites excluding steroid dienone is 6. The van der Waals surface area contributed by atoms with Crippen molar-refractivity contribution in [2.24, 2.45) is 0 Å². The molecule has 0 aliphatic carbocycles. The van der Waals surface area contributed by atoms with Gasteiger partial charge in [-0.3, -0.25) is 0 Å². The first-order chi connectivity index (χ1) is 21.5. The van der Waals surface area contributed by atoms with Gasteiger partial charge in [0.25, 0.3) is 0 Å². The van der Waals surface area contributed by atoms with Crippen LogP contribution in [0.1, 0.15) is 37.5 Å². The van der Waals surface area contributed by atoms with Crippen molar-refractivity contribution in [3.63, 3.8) is 0 Å². The number of rotatable bonds is 8. The lowest BCUT2D eigenvalue weighted by atomic mass is 9.82. The van der Waals surface area contributed by atoms with Gasteiger partial charge < -0.3 is 0 Å². The van der Waals surface area contributed by atoms with Crippen molar-refractivity contribution in [2.75, 3.05) is 0 Å². The number of hydrogen-bond acceptors (Lipinski definition) is 0. The molecule has 6 aromatic carbocycles. The largest absolute Gasteiger partial charge is 0.0984 e. The van der Waals surface area contributed by atoms with Crippen molar-refractivity contribution in [3.05, 3.63) is 168 Å². The summed E-state index contributed by atoms with van der Waals surface area (Å²) in [6, 6.07) is 37.6. The van der Waals surface area contributed by atoms with Crippen molar-refractivity contribution >= 4 is 44.5 Å². The summed E-state index contributed by atoms with van der Waals surface area (Å²) in [6.45, 7) is 15.0. The zero-order chi connectivity index (χ0) is 30.6. The highest BCUT2D eigenvalue weighted by Crippen LogP contribution is 2.45. The van der Waals surface area contributed by atoms with Crippen molar-refractivity contribution in [3.8, 4) is 22.3 Å². The van der Waals surface area contributed by atoms with Crippen LogP contribution < -0.4 is 0 Å².